The number of carbonyl (C=O) groups is 2. The average molecular weight is 230 g/mol. The summed E-state index contributed by atoms with van der Waals surface area (Å²) >= 11 is 0. The third-order valence-electron chi connectivity index (χ3n) is 2.43. The van der Waals surface area contributed by atoms with E-state index < -0.39 is 5.97 Å². The van der Waals surface area contributed by atoms with Crippen molar-refractivity contribution in [3.63, 3.8) is 0 Å². The summed E-state index contributed by atoms with van der Waals surface area (Å²) in [5.41, 5.74) is 0. The van der Waals surface area contributed by atoms with Gasteiger partial charge in [-0.3, -0.25) is 4.79 Å². The lowest BCUT2D eigenvalue weighted by Crippen LogP contribution is -2.40. The fourth-order valence-corrected chi connectivity index (χ4v) is 1.59. The highest BCUT2D eigenvalue weighted by atomic mass is 16.5. The zero-order valence-electron chi connectivity index (χ0n) is 9.36. The number of carbonyl (C=O) groups excluding carboxylic acids is 1. The maximum atomic E-state index is 11.2. The fourth-order valence-electron chi connectivity index (χ4n) is 1.59. The first-order chi connectivity index (χ1) is 7.58. The number of rotatable bonds is 5. The molecule has 0 bridgehead atoms. The molecule has 6 heteroatoms. The molecule has 1 aliphatic rings. The highest BCUT2D eigenvalue weighted by Gasteiger charge is 2.21. The highest BCUT2D eigenvalue weighted by molar-refractivity contribution is 5.74. The molecule has 0 saturated carbocycles. The standard InChI is InChI=1S/C10H18N2O4/c1-7-2-3-8(16-7)6-12-10(15)11-5-4-9(13)14/h7-8H,2-6H2,1H3,(H,13,14)(H2,11,12,15). The highest BCUT2D eigenvalue weighted by Crippen LogP contribution is 2.17. The number of aliphatic carboxylic acids is 1. The molecule has 0 radical (unpaired) electrons. The molecule has 92 valence electrons. The van der Waals surface area contributed by atoms with Crippen LogP contribution < -0.4 is 10.6 Å². The van der Waals surface area contributed by atoms with Crippen LogP contribution in [0.2, 0.25) is 0 Å². The van der Waals surface area contributed by atoms with Gasteiger partial charge in [0.25, 0.3) is 0 Å². The molecular formula is C10H18N2O4. The van der Waals surface area contributed by atoms with Gasteiger partial charge in [0.15, 0.2) is 0 Å². The predicted molar refractivity (Wildman–Crippen MR) is 57.2 cm³/mol. The van der Waals surface area contributed by atoms with Crippen molar-refractivity contribution >= 4 is 12.0 Å². The van der Waals surface area contributed by atoms with E-state index in [0.717, 1.165) is 12.8 Å². The minimum atomic E-state index is -0.923. The molecule has 2 amide bonds. The lowest BCUT2D eigenvalue weighted by Gasteiger charge is -2.12. The van der Waals surface area contributed by atoms with E-state index in [1.807, 2.05) is 6.92 Å². The minimum Gasteiger partial charge on any atom is -0.481 e. The molecule has 1 rings (SSSR count). The smallest absolute Gasteiger partial charge is 0.314 e. The molecule has 1 heterocycles. The van der Waals surface area contributed by atoms with Gasteiger partial charge in [0.05, 0.1) is 18.6 Å². The number of ether oxygens (including phenoxy) is 1. The molecule has 0 aromatic heterocycles. The first kappa shape index (κ1) is 12.8. The van der Waals surface area contributed by atoms with Crippen LogP contribution in [0.15, 0.2) is 0 Å². The van der Waals surface area contributed by atoms with E-state index in [-0.39, 0.29) is 31.2 Å². The number of hydrogen-bond acceptors (Lipinski definition) is 3. The van der Waals surface area contributed by atoms with Gasteiger partial charge < -0.3 is 20.5 Å². The number of nitrogens with one attached hydrogen (secondary N) is 2. The Labute approximate surface area is 94.3 Å². The number of urea groups is 1. The molecule has 0 aromatic rings. The Morgan fingerprint density at radius 3 is 2.69 bits per heavy atom. The van der Waals surface area contributed by atoms with Crippen molar-refractivity contribution in [2.75, 3.05) is 13.1 Å². The number of amides is 2. The van der Waals surface area contributed by atoms with Crippen LogP contribution in [0.1, 0.15) is 26.2 Å². The molecule has 0 aliphatic carbocycles. The van der Waals surface area contributed by atoms with Gasteiger partial charge in [0.1, 0.15) is 0 Å². The second kappa shape index (κ2) is 6.32. The van der Waals surface area contributed by atoms with E-state index in [1.165, 1.54) is 0 Å². The van der Waals surface area contributed by atoms with Gasteiger partial charge in [-0.1, -0.05) is 0 Å². The van der Waals surface area contributed by atoms with Gasteiger partial charge in [-0.05, 0) is 19.8 Å². The third-order valence-corrected chi connectivity index (χ3v) is 2.43. The second-order valence-electron chi connectivity index (χ2n) is 3.93. The van der Waals surface area contributed by atoms with Crippen molar-refractivity contribution in [2.24, 2.45) is 0 Å². The Bertz CT molecular complexity index is 257. The molecule has 0 aromatic carbocycles. The fraction of sp³-hybridized carbons (Fsp3) is 0.800. The van der Waals surface area contributed by atoms with Gasteiger partial charge in [-0.15, -0.1) is 0 Å². The monoisotopic (exact) mass is 230 g/mol. The van der Waals surface area contributed by atoms with Crippen LogP contribution in [0, 0.1) is 0 Å². The Kier molecular flexibility index (Phi) is 5.04. The average Bonchev–Trinajstić information content (AvgIpc) is 2.61. The van der Waals surface area contributed by atoms with Crippen molar-refractivity contribution < 1.29 is 19.4 Å². The molecule has 1 saturated heterocycles. The van der Waals surface area contributed by atoms with Gasteiger partial charge in [0, 0.05) is 13.1 Å². The molecule has 16 heavy (non-hydrogen) atoms. The van der Waals surface area contributed by atoms with Crippen molar-refractivity contribution in [3.05, 3.63) is 0 Å². The van der Waals surface area contributed by atoms with Gasteiger partial charge in [-0.2, -0.15) is 0 Å². The van der Waals surface area contributed by atoms with Crippen LogP contribution in [-0.4, -0.2) is 42.4 Å². The summed E-state index contributed by atoms with van der Waals surface area (Å²) in [7, 11) is 0. The summed E-state index contributed by atoms with van der Waals surface area (Å²) in [5.74, 6) is -0.923. The summed E-state index contributed by atoms with van der Waals surface area (Å²) in [4.78, 5) is 21.4. The van der Waals surface area contributed by atoms with E-state index in [1.54, 1.807) is 0 Å². The molecule has 3 N–H and O–H groups in total. The van der Waals surface area contributed by atoms with E-state index in [9.17, 15) is 9.59 Å². The number of hydrogen-bond donors (Lipinski definition) is 3. The topological polar surface area (TPSA) is 87.7 Å². The van der Waals surface area contributed by atoms with Crippen molar-refractivity contribution in [2.45, 2.75) is 38.4 Å². The molecule has 0 spiro atoms. The molecule has 2 unspecified atom stereocenters. The normalized spacial score (nSPS) is 24.1. The largest absolute Gasteiger partial charge is 0.481 e. The zero-order valence-corrected chi connectivity index (χ0v) is 9.36. The van der Waals surface area contributed by atoms with Crippen molar-refractivity contribution in [1.82, 2.24) is 10.6 Å². The molecule has 2 atom stereocenters. The Morgan fingerprint density at radius 1 is 1.38 bits per heavy atom. The Balaban J connectivity index is 2.04. The first-order valence-electron chi connectivity index (χ1n) is 5.47. The van der Waals surface area contributed by atoms with E-state index >= 15 is 0 Å². The minimum absolute atomic E-state index is 0.0651. The van der Waals surface area contributed by atoms with Crippen LogP contribution >= 0.6 is 0 Å². The van der Waals surface area contributed by atoms with E-state index in [0.29, 0.717) is 6.54 Å². The van der Waals surface area contributed by atoms with Crippen molar-refractivity contribution in [1.29, 1.82) is 0 Å². The summed E-state index contributed by atoms with van der Waals surface area (Å²) in [6.45, 7) is 2.62. The summed E-state index contributed by atoms with van der Waals surface area (Å²) < 4.78 is 5.52. The summed E-state index contributed by atoms with van der Waals surface area (Å²) in [5, 5.41) is 13.5. The number of carboxylic acids is 1. The molecule has 1 fully saturated rings. The Hall–Kier alpha value is -1.30. The van der Waals surface area contributed by atoms with Crippen LogP contribution in [-0.2, 0) is 9.53 Å². The summed E-state index contributed by atoms with van der Waals surface area (Å²) in [6.07, 6.45) is 2.26. The first-order valence-corrected chi connectivity index (χ1v) is 5.47. The lowest BCUT2D eigenvalue weighted by molar-refractivity contribution is -0.136. The lowest BCUT2D eigenvalue weighted by atomic mass is 10.2. The van der Waals surface area contributed by atoms with Crippen LogP contribution in [0.3, 0.4) is 0 Å². The Morgan fingerprint density at radius 2 is 2.12 bits per heavy atom. The quantitative estimate of drug-likeness (QED) is 0.635. The van der Waals surface area contributed by atoms with Crippen LogP contribution in [0.25, 0.3) is 0 Å². The molecular weight excluding hydrogens is 212 g/mol. The van der Waals surface area contributed by atoms with Gasteiger partial charge >= 0.3 is 12.0 Å². The van der Waals surface area contributed by atoms with Gasteiger partial charge in [0.2, 0.25) is 0 Å². The van der Waals surface area contributed by atoms with Crippen molar-refractivity contribution in [3.8, 4) is 0 Å². The second-order valence-corrected chi connectivity index (χ2v) is 3.93. The number of carboxylic acid groups (broad SMARTS) is 1. The maximum absolute atomic E-state index is 11.2. The van der Waals surface area contributed by atoms with Crippen LogP contribution in [0.5, 0.6) is 0 Å². The van der Waals surface area contributed by atoms with E-state index in [4.69, 9.17) is 9.84 Å². The zero-order chi connectivity index (χ0) is 12.0. The predicted octanol–water partition coefficient (Wildman–Crippen LogP) is 0.328. The van der Waals surface area contributed by atoms with Gasteiger partial charge in [-0.25, -0.2) is 4.79 Å². The molecule has 1 aliphatic heterocycles. The molecule has 6 nitrogen and oxygen atoms in total. The van der Waals surface area contributed by atoms with E-state index in [2.05, 4.69) is 10.6 Å². The maximum Gasteiger partial charge on any atom is 0.314 e. The summed E-state index contributed by atoms with van der Waals surface area (Å²) in [6, 6.07) is -0.343. The SMILES string of the molecule is CC1CCC(CNC(=O)NCCC(=O)O)O1. The van der Waals surface area contributed by atoms with Crippen LogP contribution in [0.4, 0.5) is 4.79 Å². The third kappa shape index (κ3) is 4.97.